The molecule has 0 aliphatic heterocycles. The first-order valence-corrected chi connectivity index (χ1v) is 7.77. The number of hydrogen-bond donors (Lipinski definition) is 1. The number of carbonyl (C=O) groups excluding carboxylic acids is 1. The fourth-order valence-corrected chi connectivity index (χ4v) is 2.60. The molecule has 5 nitrogen and oxygen atoms in total. The number of nitrogens with two attached hydrogens (primary N) is 1. The molecule has 0 amide bonds. The Hall–Kier alpha value is -3.02. The van der Waals surface area contributed by atoms with Gasteiger partial charge in [-0.25, -0.2) is 9.18 Å². The van der Waals surface area contributed by atoms with Crippen molar-refractivity contribution in [2.75, 3.05) is 12.8 Å². The highest BCUT2D eigenvalue weighted by Gasteiger charge is 2.24. The maximum absolute atomic E-state index is 13.2. The predicted octanol–water partition coefficient (Wildman–Crippen LogP) is 4.39. The van der Waals surface area contributed by atoms with E-state index in [1.807, 2.05) is 13.8 Å². The van der Waals surface area contributed by atoms with Crippen molar-refractivity contribution in [3.05, 3.63) is 47.8 Å². The summed E-state index contributed by atoms with van der Waals surface area (Å²) in [7, 11) is 1.29. The molecule has 1 aromatic heterocycles. The summed E-state index contributed by atoms with van der Waals surface area (Å²) in [5.74, 6) is -0.184. The summed E-state index contributed by atoms with van der Waals surface area (Å²) in [4.78, 5) is 12.3. The molecule has 3 aromatic rings. The van der Waals surface area contributed by atoms with Gasteiger partial charge in [0.05, 0.1) is 18.9 Å². The quantitative estimate of drug-likeness (QED) is 0.561. The number of benzene rings is 2. The topological polar surface area (TPSA) is 74.7 Å². The van der Waals surface area contributed by atoms with Crippen LogP contribution in [-0.4, -0.2) is 19.2 Å². The summed E-state index contributed by atoms with van der Waals surface area (Å²) in [6.45, 7) is 3.76. The van der Waals surface area contributed by atoms with Crippen molar-refractivity contribution in [3.8, 4) is 17.1 Å². The zero-order chi connectivity index (χ0) is 18.1. The fourth-order valence-electron chi connectivity index (χ4n) is 2.60. The lowest BCUT2D eigenvalue weighted by molar-refractivity contribution is 0.0603. The van der Waals surface area contributed by atoms with E-state index in [0.29, 0.717) is 33.7 Å². The Labute approximate surface area is 144 Å². The summed E-state index contributed by atoms with van der Waals surface area (Å²) in [5.41, 5.74) is 7.64. The Balaban J connectivity index is 2.26. The number of ether oxygens (including phenoxy) is 2. The van der Waals surface area contributed by atoms with E-state index in [9.17, 15) is 9.18 Å². The third-order valence-corrected chi connectivity index (χ3v) is 3.68. The van der Waals surface area contributed by atoms with Crippen molar-refractivity contribution in [2.24, 2.45) is 0 Å². The molecule has 0 unspecified atom stereocenters. The number of anilines is 1. The Kier molecular flexibility index (Phi) is 4.35. The monoisotopic (exact) mass is 343 g/mol. The number of rotatable bonds is 4. The van der Waals surface area contributed by atoms with Crippen LogP contribution in [0, 0.1) is 5.82 Å². The number of esters is 1. The van der Waals surface area contributed by atoms with Crippen molar-refractivity contribution in [1.82, 2.24) is 0 Å². The third-order valence-electron chi connectivity index (χ3n) is 3.68. The van der Waals surface area contributed by atoms with Crippen LogP contribution in [0.2, 0.25) is 0 Å². The maximum atomic E-state index is 13.2. The number of carbonyl (C=O) groups is 1. The molecule has 6 heteroatoms. The van der Waals surface area contributed by atoms with Crippen LogP contribution in [0.25, 0.3) is 22.3 Å². The molecule has 0 saturated heterocycles. The van der Waals surface area contributed by atoms with Crippen LogP contribution in [0.5, 0.6) is 5.75 Å². The van der Waals surface area contributed by atoms with Gasteiger partial charge in [0.2, 0.25) is 0 Å². The SMILES string of the molecule is COC(=O)c1c(-c2ccc(F)cc2)oc2cc(N)c(OC(C)C)cc12. The minimum Gasteiger partial charge on any atom is -0.489 e. The van der Waals surface area contributed by atoms with E-state index < -0.39 is 5.97 Å². The Morgan fingerprint density at radius 1 is 1.20 bits per heavy atom. The van der Waals surface area contributed by atoms with Crippen molar-refractivity contribution in [2.45, 2.75) is 20.0 Å². The highest BCUT2D eigenvalue weighted by Crippen LogP contribution is 2.38. The Morgan fingerprint density at radius 3 is 2.48 bits per heavy atom. The van der Waals surface area contributed by atoms with E-state index in [1.165, 1.54) is 31.4 Å². The van der Waals surface area contributed by atoms with E-state index in [-0.39, 0.29) is 17.5 Å². The molecular formula is C19H18FNO4. The zero-order valence-electron chi connectivity index (χ0n) is 14.1. The highest BCUT2D eigenvalue weighted by atomic mass is 19.1. The van der Waals surface area contributed by atoms with E-state index in [2.05, 4.69) is 0 Å². The van der Waals surface area contributed by atoms with Gasteiger partial charge in [-0.15, -0.1) is 0 Å². The van der Waals surface area contributed by atoms with Crippen molar-refractivity contribution in [3.63, 3.8) is 0 Å². The van der Waals surface area contributed by atoms with E-state index in [4.69, 9.17) is 19.6 Å². The highest BCUT2D eigenvalue weighted by molar-refractivity contribution is 6.09. The van der Waals surface area contributed by atoms with Crippen LogP contribution in [-0.2, 0) is 4.74 Å². The molecule has 130 valence electrons. The maximum Gasteiger partial charge on any atom is 0.342 e. The molecule has 25 heavy (non-hydrogen) atoms. The lowest BCUT2D eigenvalue weighted by atomic mass is 10.0. The fraction of sp³-hybridized carbons (Fsp3) is 0.211. The Morgan fingerprint density at radius 2 is 1.88 bits per heavy atom. The first-order chi connectivity index (χ1) is 11.9. The van der Waals surface area contributed by atoms with Crippen LogP contribution in [0.15, 0.2) is 40.8 Å². The van der Waals surface area contributed by atoms with Gasteiger partial charge in [-0.3, -0.25) is 0 Å². The van der Waals surface area contributed by atoms with Gasteiger partial charge in [0, 0.05) is 17.0 Å². The zero-order valence-corrected chi connectivity index (χ0v) is 14.1. The van der Waals surface area contributed by atoms with Gasteiger partial charge in [0.15, 0.2) is 0 Å². The van der Waals surface area contributed by atoms with Gasteiger partial charge >= 0.3 is 5.97 Å². The minimum atomic E-state index is -0.557. The lowest BCUT2D eigenvalue weighted by Gasteiger charge is -2.12. The van der Waals surface area contributed by atoms with Gasteiger partial charge < -0.3 is 19.6 Å². The van der Waals surface area contributed by atoms with Crippen LogP contribution in [0.1, 0.15) is 24.2 Å². The van der Waals surface area contributed by atoms with Crippen LogP contribution >= 0.6 is 0 Å². The molecule has 0 fully saturated rings. The molecule has 1 heterocycles. The molecule has 0 bridgehead atoms. The van der Waals surface area contributed by atoms with Gasteiger partial charge in [-0.05, 0) is 44.2 Å². The van der Waals surface area contributed by atoms with Crippen LogP contribution in [0.3, 0.4) is 0 Å². The van der Waals surface area contributed by atoms with E-state index in [1.54, 1.807) is 12.1 Å². The smallest absolute Gasteiger partial charge is 0.342 e. The molecule has 3 rings (SSSR count). The van der Waals surface area contributed by atoms with Crippen molar-refractivity contribution >= 4 is 22.6 Å². The normalized spacial score (nSPS) is 11.1. The number of halogens is 1. The van der Waals surface area contributed by atoms with Crippen LogP contribution < -0.4 is 10.5 Å². The molecule has 0 radical (unpaired) electrons. The predicted molar refractivity (Wildman–Crippen MR) is 93.1 cm³/mol. The van der Waals surface area contributed by atoms with Gasteiger partial charge in [0.25, 0.3) is 0 Å². The number of hydrogen-bond acceptors (Lipinski definition) is 5. The molecular weight excluding hydrogens is 325 g/mol. The molecule has 0 spiro atoms. The number of methoxy groups -OCH3 is 1. The summed E-state index contributed by atoms with van der Waals surface area (Å²) < 4.78 is 29.6. The number of nitrogen functional groups attached to an aromatic ring is 1. The first-order valence-electron chi connectivity index (χ1n) is 7.77. The molecule has 0 atom stereocenters. The van der Waals surface area contributed by atoms with E-state index >= 15 is 0 Å². The number of furan rings is 1. The minimum absolute atomic E-state index is 0.0789. The average Bonchev–Trinajstić information content (AvgIpc) is 2.93. The second kappa shape index (κ2) is 6.47. The molecule has 2 aromatic carbocycles. The first kappa shape index (κ1) is 16.8. The van der Waals surface area contributed by atoms with Crippen LogP contribution in [0.4, 0.5) is 10.1 Å². The largest absolute Gasteiger partial charge is 0.489 e. The molecule has 0 aliphatic carbocycles. The summed E-state index contributed by atoms with van der Waals surface area (Å²) >= 11 is 0. The van der Waals surface area contributed by atoms with Gasteiger partial charge in [0.1, 0.15) is 28.5 Å². The Bertz CT molecular complexity index is 929. The summed E-state index contributed by atoms with van der Waals surface area (Å²) in [6, 6.07) is 8.93. The summed E-state index contributed by atoms with van der Waals surface area (Å²) in [5, 5.41) is 0.524. The van der Waals surface area contributed by atoms with E-state index in [0.717, 1.165) is 0 Å². The molecule has 2 N–H and O–H groups in total. The number of fused-ring (bicyclic) bond motifs is 1. The standard InChI is InChI=1S/C19H18FNO4/c1-10(2)24-16-8-13-15(9-14(16)21)25-18(17(13)19(22)23-3)11-4-6-12(20)7-5-11/h4-10H,21H2,1-3H3. The average molecular weight is 343 g/mol. The second-order valence-corrected chi connectivity index (χ2v) is 5.86. The molecule has 0 saturated carbocycles. The molecule has 0 aliphatic rings. The summed E-state index contributed by atoms with van der Waals surface area (Å²) in [6.07, 6.45) is -0.0789. The van der Waals surface area contributed by atoms with Crippen molar-refractivity contribution in [1.29, 1.82) is 0 Å². The van der Waals surface area contributed by atoms with Gasteiger partial charge in [-0.2, -0.15) is 0 Å². The van der Waals surface area contributed by atoms with Gasteiger partial charge in [-0.1, -0.05) is 0 Å². The second-order valence-electron chi connectivity index (χ2n) is 5.86. The van der Waals surface area contributed by atoms with Crippen molar-refractivity contribution < 1.29 is 23.1 Å². The third kappa shape index (κ3) is 3.15. The lowest BCUT2D eigenvalue weighted by Crippen LogP contribution is -2.07.